The van der Waals surface area contributed by atoms with Gasteiger partial charge in [-0.3, -0.25) is 0 Å². The van der Waals surface area contributed by atoms with E-state index in [1.165, 1.54) is 17.7 Å². The fraction of sp³-hybridized carbons (Fsp3) is 0.200. The fourth-order valence-electron chi connectivity index (χ4n) is 1.78. The highest BCUT2D eigenvalue weighted by Gasteiger charge is 2.03. The maximum Gasteiger partial charge on any atom is 0.123 e. The van der Waals surface area contributed by atoms with E-state index in [4.69, 9.17) is 5.73 Å². The first-order chi connectivity index (χ1) is 8.20. The van der Waals surface area contributed by atoms with Gasteiger partial charge in [-0.05, 0) is 41.3 Å². The van der Waals surface area contributed by atoms with E-state index < -0.39 is 0 Å². The standard InChI is InChI=1S/C15H16FN/c1-11(10-17)12-2-4-13(5-3-12)14-6-8-15(16)9-7-14/h2-9,11H,10,17H2,1H3. The average molecular weight is 229 g/mol. The highest BCUT2D eigenvalue weighted by molar-refractivity contribution is 5.63. The average Bonchev–Trinajstić information content (AvgIpc) is 2.39. The molecule has 0 saturated carbocycles. The van der Waals surface area contributed by atoms with Gasteiger partial charge in [-0.1, -0.05) is 43.3 Å². The van der Waals surface area contributed by atoms with E-state index in [2.05, 4.69) is 31.2 Å². The third-order valence-electron chi connectivity index (χ3n) is 3.01. The topological polar surface area (TPSA) is 26.0 Å². The van der Waals surface area contributed by atoms with Crippen LogP contribution in [0.4, 0.5) is 4.39 Å². The summed E-state index contributed by atoms with van der Waals surface area (Å²) in [5.41, 5.74) is 8.98. The number of hydrogen-bond acceptors (Lipinski definition) is 1. The zero-order chi connectivity index (χ0) is 12.3. The third kappa shape index (κ3) is 2.71. The molecule has 0 radical (unpaired) electrons. The lowest BCUT2D eigenvalue weighted by Crippen LogP contribution is -2.08. The van der Waals surface area contributed by atoms with E-state index in [9.17, 15) is 4.39 Å². The smallest absolute Gasteiger partial charge is 0.123 e. The van der Waals surface area contributed by atoms with E-state index in [1.54, 1.807) is 12.1 Å². The van der Waals surface area contributed by atoms with Crippen LogP contribution < -0.4 is 5.73 Å². The van der Waals surface area contributed by atoms with Crippen LogP contribution in [-0.2, 0) is 0 Å². The molecular weight excluding hydrogens is 213 g/mol. The van der Waals surface area contributed by atoms with Gasteiger partial charge in [0.15, 0.2) is 0 Å². The maximum atomic E-state index is 12.8. The molecule has 1 nitrogen and oxygen atoms in total. The van der Waals surface area contributed by atoms with Crippen LogP contribution in [-0.4, -0.2) is 6.54 Å². The molecule has 0 spiro atoms. The van der Waals surface area contributed by atoms with Crippen molar-refractivity contribution in [2.75, 3.05) is 6.54 Å². The van der Waals surface area contributed by atoms with Crippen molar-refractivity contribution < 1.29 is 4.39 Å². The van der Waals surface area contributed by atoms with Gasteiger partial charge in [-0.2, -0.15) is 0 Å². The van der Waals surface area contributed by atoms with Gasteiger partial charge < -0.3 is 5.73 Å². The van der Waals surface area contributed by atoms with E-state index in [-0.39, 0.29) is 5.82 Å². The Morgan fingerprint density at radius 2 is 1.41 bits per heavy atom. The highest BCUT2D eigenvalue weighted by Crippen LogP contribution is 2.22. The Hall–Kier alpha value is -1.67. The lowest BCUT2D eigenvalue weighted by molar-refractivity contribution is 0.628. The van der Waals surface area contributed by atoms with Crippen LogP contribution >= 0.6 is 0 Å². The Morgan fingerprint density at radius 3 is 1.88 bits per heavy atom. The molecule has 0 bridgehead atoms. The van der Waals surface area contributed by atoms with Crippen molar-refractivity contribution in [1.82, 2.24) is 0 Å². The number of hydrogen-bond donors (Lipinski definition) is 1. The van der Waals surface area contributed by atoms with E-state index in [0.29, 0.717) is 12.5 Å². The van der Waals surface area contributed by atoms with Gasteiger partial charge in [0.05, 0.1) is 0 Å². The zero-order valence-electron chi connectivity index (χ0n) is 9.86. The van der Waals surface area contributed by atoms with E-state index in [1.807, 2.05) is 0 Å². The normalized spacial score (nSPS) is 12.4. The van der Waals surface area contributed by atoms with Gasteiger partial charge >= 0.3 is 0 Å². The lowest BCUT2D eigenvalue weighted by Gasteiger charge is -2.09. The van der Waals surface area contributed by atoms with Crippen molar-refractivity contribution >= 4 is 0 Å². The summed E-state index contributed by atoms with van der Waals surface area (Å²) in [5.74, 6) is 0.166. The molecule has 2 aromatic rings. The first-order valence-corrected chi connectivity index (χ1v) is 5.76. The minimum atomic E-state index is -0.206. The zero-order valence-corrected chi connectivity index (χ0v) is 9.86. The molecular formula is C15H16FN. The van der Waals surface area contributed by atoms with Crippen molar-refractivity contribution in [2.24, 2.45) is 5.73 Å². The van der Waals surface area contributed by atoms with Crippen molar-refractivity contribution in [2.45, 2.75) is 12.8 Å². The molecule has 2 aromatic carbocycles. The highest BCUT2D eigenvalue weighted by atomic mass is 19.1. The quantitative estimate of drug-likeness (QED) is 0.855. The molecule has 2 heteroatoms. The molecule has 0 aliphatic rings. The summed E-state index contributed by atoms with van der Waals surface area (Å²) in [6, 6.07) is 14.8. The van der Waals surface area contributed by atoms with E-state index >= 15 is 0 Å². The molecule has 1 unspecified atom stereocenters. The summed E-state index contributed by atoms with van der Waals surface area (Å²) in [7, 11) is 0. The van der Waals surface area contributed by atoms with Crippen LogP contribution in [0.1, 0.15) is 18.4 Å². The molecule has 17 heavy (non-hydrogen) atoms. The minimum Gasteiger partial charge on any atom is -0.330 e. The number of halogens is 1. The van der Waals surface area contributed by atoms with Crippen LogP contribution in [0.25, 0.3) is 11.1 Å². The molecule has 0 saturated heterocycles. The molecule has 0 amide bonds. The number of benzene rings is 2. The van der Waals surface area contributed by atoms with Crippen LogP contribution in [0.5, 0.6) is 0 Å². The predicted molar refractivity (Wildman–Crippen MR) is 69.3 cm³/mol. The van der Waals surface area contributed by atoms with Crippen molar-refractivity contribution in [3.8, 4) is 11.1 Å². The van der Waals surface area contributed by atoms with Gasteiger partial charge in [0, 0.05) is 0 Å². The van der Waals surface area contributed by atoms with Crippen molar-refractivity contribution in [3.05, 3.63) is 59.9 Å². The number of nitrogens with two attached hydrogens (primary N) is 1. The van der Waals surface area contributed by atoms with Gasteiger partial charge in [0.1, 0.15) is 5.82 Å². The summed E-state index contributed by atoms with van der Waals surface area (Å²) in [6.07, 6.45) is 0. The van der Waals surface area contributed by atoms with Gasteiger partial charge in [0.25, 0.3) is 0 Å². The van der Waals surface area contributed by atoms with Crippen LogP contribution in [0, 0.1) is 5.82 Å². The van der Waals surface area contributed by atoms with Gasteiger partial charge in [-0.25, -0.2) is 4.39 Å². The fourth-order valence-corrected chi connectivity index (χ4v) is 1.78. The Labute approximate surface area is 101 Å². The summed E-state index contributed by atoms with van der Waals surface area (Å²) in [4.78, 5) is 0. The van der Waals surface area contributed by atoms with E-state index in [0.717, 1.165) is 11.1 Å². The van der Waals surface area contributed by atoms with Crippen LogP contribution in [0.2, 0.25) is 0 Å². The lowest BCUT2D eigenvalue weighted by atomic mass is 9.98. The van der Waals surface area contributed by atoms with Crippen molar-refractivity contribution in [3.63, 3.8) is 0 Å². The van der Waals surface area contributed by atoms with Gasteiger partial charge in [0.2, 0.25) is 0 Å². The molecule has 88 valence electrons. The molecule has 0 heterocycles. The second-order valence-electron chi connectivity index (χ2n) is 4.27. The molecule has 0 aromatic heterocycles. The van der Waals surface area contributed by atoms with Crippen molar-refractivity contribution in [1.29, 1.82) is 0 Å². The molecule has 0 aliphatic heterocycles. The minimum absolute atomic E-state index is 0.206. The van der Waals surface area contributed by atoms with Crippen LogP contribution in [0.15, 0.2) is 48.5 Å². The first-order valence-electron chi connectivity index (χ1n) is 5.76. The Balaban J connectivity index is 2.26. The second-order valence-corrected chi connectivity index (χ2v) is 4.27. The predicted octanol–water partition coefficient (Wildman–Crippen LogP) is 3.55. The monoisotopic (exact) mass is 229 g/mol. The summed E-state index contributed by atoms with van der Waals surface area (Å²) >= 11 is 0. The third-order valence-corrected chi connectivity index (χ3v) is 3.01. The van der Waals surface area contributed by atoms with Crippen LogP contribution in [0.3, 0.4) is 0 Å². The molecule has 2 N–H and O–H groups in total. The summed E-state index contributed by atoms with van der Waals surface area (Å²) in [6.45, 7) is 2.75. The second kappa shape index (κ2) is 5.11. The Bertz CT molecular complexity index is 473. The van der Waals surface area contributed by atoms with Gasteiger partial charge in [-0.15, -0.1) is 0 Å². The largest absolute Gasteiger partial charge is 0.330 e. The Morgan fingerprint density at radius 1 is 0.941 bits per heavy atom. The SMILES string of the molecule is CC(CN)c1ccc(-c2ccc(F)cc2)cc1. The first kappa shape index (κ1) is 11.8. The molecule has 2 rings (SSSR count). The summed E-state index contributed by atoms with van der Waals surface area (Å²) in [5, 5.41) is 0. The molecule has 0 aliphatic carbocycles. The molecule has 1 atom stereocenters. The summed E-state index contributed by atoms with van der Waals surface area (Å²) < 4.78 is 12.8. The number of rotatable bonds is 3. The maximum absolute atomic E-state index is 12.8. The molecule has 0 fully saturated rings. The Kier molecular flexibility index (Phi) is 3.55.